The molecule has 4 rings (SSSR count). The third-order valence-electron chi connectivity index (χ3n) is 6.12. The largest absolute Gasteiger partial charge is 0.352 e. The summed E-state index contributed by atoms with van der Waals surface area (Å²) in [5.41, 5.74) is 1.93. The van der Waals surface area contributed by atoms with Crippen molar-refractivity contribution in [1.29, 1.82) is 0 Å². The van der Waals surface area contributed by atoms with E-state index in [1.165, 1.54) is 9.80 Å². The average molecular weight is 512 g/mol. The topological polar surface area (TPSA) is 69.7 Å². The molecule has 8 heteroatoms. The summed E-state index contributed by atoms with van der Waals surface area (Å²) in [5.74, 6) is -0.826. The van der Waals surface area contributed by atoms with Crippen molar-refractivity contribution in [1.82, 2.24) is 10.2 Å². The quantitative estimate of drug-likeness (QED) is 0.437. The zero-order valence-corrected chi connectivity index (χ0v) is 21.4. The first-order chi connectivity index (χ1) is 16.7. The molecule has 0 saturated carbocycles. The van der Waals surface area contributed by atoms with Gasteiger partial charge in [0.2, 0.25) is 11.8 Å². The Hall–Kier alpha value is -3.09. The van der Waals surface area contributed by atoms with Crippen molar-refractivity contribution in [3.05, 3.63) is 75.8 Å². The number of hydrogen-bond donors (Lipinski definition) is 1. The first kappa shape index (κ1) is 25.0. The van der Waals surface area contributed by atoms with Crippen LogP contribution in [0.5, 0.6) is 0 Å². The van der Waals surface area contributed by atoms with E-state index in [9.17, 15) is 14.4 Å². The lowest BCUT2D eigenvalue weighted by Gasteiger charge is -2.32. The summed E-state index contributed by atoms with van der Waals surface area (Å²) in [7, 11) is 0. The molecule has 182 valence electrons. The number of halogens is 2. The Labute approximate surface area is 214 Å². The Bertz CT molecular complexity index is 1300. The minimum Gasteiger partial charge on any atom is -0.352 e. The molecule has 1 N–H and O–H groups in total. The van der Waals surface area contributed by atoms with Crippen LogP contribution in [0, 0.1) is 0 Å². The highest BCUT2D eigenvalue weighted by atomic mass is 35.5. The molecule has 1 aliphatic heterocycles. The Morgan fingerprint density at radius 3 is 2.43 bits per heavy atom. The van der Waals surface area contributed by atoms with Gasteiger partial charge in [0.1, 0.15) is 12.6 Å². The van der Waals surface area contributed by atoms with Crippen LogP contribution in [0.25, 0.3) is 10.8 Å². The van der Waals surface area contributed by atoms with Crippen molar-refractivity contribution in [3.63, 3.8) is 0 Å². The summed E-state index contributed by atoms with van der Waals surface area (Å²) in [6, 6.07) is 15.4. The maximum atomic E-state index is 13.8. The van der Waals surface area contributed by atoms with Gasteiger partial charge in [-0.2, -0.15) is 0 Å². The van der Waals surface area contributed by atoms with Crippen LogP contribution in [0.3, 0.4) is 0 Å². The van der Waals surface area contributed by atoms with E-state index in [1.807, 2.05) is 51.1 Å². The van der Waals surface area contributed by atoms with E-state index in [-0.39, 0.29) is 36.9 Å². The Morgan fingerprint density at radius 2 is 1.77 bits per heavy atom. The van der Waals surface area contributed by atoms with Gasteiger partial charge >= 0.3 is 0 Å². The number of benzene rings is 3. The Kier molecular flexibility index (Phi) is 7.33. The lowest BCUT2D eigenvalue weighted by molar-refractivity contribution is -0.140. The van der Waals surface area contributed by atoms with Gasteiger partial charge in [0.15, 0.2) is 0 Å². The first-order valence-electron chi connectivity index (χ1n) is 11.6. The molecule has 0 fully saturated rings. The second-order valence-electron chi connectivity index (χ2n) is 8.92. The van der Waals surface area contributed by atoms with Gasteiger partial charge in [-0.05, 0) is 55.5 Å². The van der Waals surface area contributed by atoms with E-state index in [4.69, 9.17) is 23.2 Å². The second-order valence-corrected chi connectivity index (χ2v) is 9.76. The Morgan fingerprint density at radius 1 is 1.06 bits per heavy atom. The SMILES string of the molecule is CC[C@H](C(=O)NC(C)C)N(Cc1ccc(Cl)cc1Cl)C(=O)CN1C(=O)c2cccc3cccc1c23. The van der Waals surface area contributed by atoms with Gasteiger partial charge in [0, 0.05) is 33.6 Å². The fraction of sp³-hybridized carbons (Fsp3) is 0.296. The average Bonchev–Trinajstić information content (AvgIpc) is 3.08. The molecule has 0 saturated heterocycles. The summed E-state index contributed by atoms with van der Waals surface area (Å²) in [6.45, 7) is 5.51. The molecule has 3 aromatic rings. The number of anilines is 1. The minimum atomic E-state index is -0.729. The summed E-state index contributed by atoms with van der Waals surface area (Å²) >= 11 is 12.5. The molecule has 3 aromatic carbocycles. The molecule has 0 aromatic heterocycles. The highest BCUT2D eigenvalue weighted by Crippen LogP contribution is 2.37. The van der Waals surface area contributed by atoms with Gasteiger partial charge in [-0.3, -0.25) is 19.3 Å². The van der Waals surface area contributed by atoms with Crippen LogP contribution >= 0.6 is 23.2 Å². The molecule has 35 heavy (non-hydrogen) atoms. The third kappa shape index (κ3) is 5.00. The van der Waals surface area contributed by atoms with E-state index in [0.717, 1.165) is 10.8 Å². The molecule has 3 amide bonds. The van der Waals surface area contributed by atoms with Gasteiger partial charge in [-0.1, -0.05) is 60.5 Å². The van der Waals surface area contributed by atoms with Crippen molar-refractivity contribution in [2.75, 3.05) is 11.4 Å². The summed E-state index contributed by atoms with van der Waals surface area (Å²) in [5, 5.41) is 5.57. The smallest absolute Gasteiger partial charge is 0.259 e. The van der Waals surface area contributed by atoms with Crippen LogP contribution in [-0.4, -0.2) is 41.2 Å². The summed E-state index contributed by atoms with van der Waals surface area (Å²) in [6.07, 6.45) is 0.402. The monoisotopic (exact) mass is 511 g/mol. The number of amides is 3. The summed E-state index contributed by atoms with van der Waals surface area (Å²) in [4.78, 5) is 43.1. The number of nitrogens with one attached hydrogen (secondary N) is 1. The molecule has 0 unspecified atom stereocenters. The fourth-order valence-electron chi connectivity index (χ4n) is 4.50. The molecular weight excluding hydrogens is 485 g/mol. The van der Waals surface area contributed by atoms with Crippen LogP contribution < -0.4 is 10.2 Å². The molecule has 0 bridgehead atoms. The van der Waals surface area contributed by atoms with Crippen LogP contribution in [0.4, 0.5) is 5.69 Å². The highest BCUT2D eigenvalue weighted by Gasteiger charge is 2.35. The minimum absolute atomic E-state index is 0.0834. The molecule has 1 atom stereocenters. The van der Waals surface area contributed by atoms with E-state index in [1.54, 1.807) is 24.3 Å². The highest BCUT2D eigenvalue weighted by molar-refractivity contribution is 6.35. The number of carbonyl (C=O) groups is 3. The molecule has 0 radical (unpaired) electrons. The van der Waals surface area contributed by atoms with Gasteiger partial charge in [0.05, 0.1) is 5.69 Å². The predicted molar refractivity (Wildman–Crippen MR) is 140 cm³/mol. The van der Waals surface area contributed by atoms with Crippen LogP contribution in [0.1, 0.15) is 43.1 Å². The number of hydrogen-bond acceptors (Lipinski definition) is 3. The molecule has 1 heterocycles. The molecule has 0 aliphatic carbocycles. The molecule has 1 aliphatic rings. The van der Waals surface area contributed by atoms with Gasteiger partial charge in [0.25, 0.3) is 5.91 Å². The maximum absolute atomic E-state index is 13.8. The third-order valence-corrected chi connectivity index (χ3v) is 6.70. The fourth-order valence-corrected chi connectivity index (χ4v) is 4.96. The van der Waals surface area contributed by atoms with Crippen molar-refractivity contribution in [2.45, 2.75) is 45.8 Å². The van der Waals surface area contributed by atoms with Crippen LogP contribution in [0.2, 0.25) is 10.0 Å². The number of rotatable bonds is 8. The zero-order valence-electron chi connectivity index (χ0n) is 19.8. The van der Waals surface area contributed by atoms with Crippen LogP contribution in [-0.2, 0) is 16.1 Å². The number of carbonyl (C=O) groups excluding carboxylic acids is 3. The van der Waals surface area contributed by atoms with E-state index < -0.39 is 6.04 Å². The van der Waals surface area contributed by atoms with Gasteiger partial charge < -0.3 is 10.2 Å². The van der Waals surface area contributed by atoms with Gasteiger partial charge in [-0.15, -0.1) is 0 Å². The maximum Gasteiger partial charge on any atom is 0.259 e. The molecular formula is C27H27Cl2N3O3. The second kappa shape index (κ2) is 10.3. The standard InChI is InChI=1S/C27H27Cl2N3O3/c1-4-22(26(34)30-16(2)3)31(14-18-11-12-19(28)13-21(18)29)24(33)15-32-23-10-6-8-17-7-5-9-20(25(17)23)27(32)35/h5-13,16,22H,4,14-15H2,1-3H3,(H,30,34)/t22-/m1/s1. The first-order valence-corrected chi connectivity index (χ1v) is 12.3. The lowest BCUT2D eigenvalue weighted by Crippen LogP contribution is -2.53. The van der Waals surface area contributed by atoms with Crippen molar-refractivity contribution in [2.24, 2.45) is 0 Å². The van der Waals surface area contributed by atoms with Crippen molar-refractivity contribution < 1.29 is 14.4 Å². The molecule has 6 nitrogen and oxygen atoms in total. The Balaban J connectivity index is 1.67. The van der Waals surface area contributed by atoms with E-state index in [2.05, 4.69) is 5.32 Å². The van der Waals surface area contributed by atoms with Crippen LogP contribution in [0.15, 0.2) is 54.6 Å². The lowest BCUT2D eigenvalue weighted by atomic mass is 10.1. The van der Waals surface area contributed by atoms with Crippen molar-refractivity contribution in [3.8, 4) is 0 Å². The van der Waals surface area contributed by atoms with E-state index in [0.29, 0.717) is 33.3 Å². The van der Waals surface area contributed by atoms with Gasteiger partial charge in [-0.25, -0.2) is 0 Å². The van der Waals surface area contributed by atoms with Crippen molar-refractivity contribution >= 4 is 57.4 Å². The number of nitrogens with zero attached hydrogens (tertiary/aromatic N) is 2. The van der Waals surface area contributed by atoms with E-state index >= 15 is 0 Å². The molecule has 0 spiro atoms. The normalized spacial score (nSPS) is 13.4. The summed E-state index contributed by atoms with van der Waals surface area (Å²) < 4.78 is 0. The predicted octanol–water partition coefficient (Wildman–Crippen LogP) is 5.44. The zero-order chi connectivity index (χ0) is 25.3.